The highest BCUT2D eigenvalue weighted by atomic mass is 32.1. The first-order valence-electron chi connectivity index (χ1n) is 10.8. The molecule has 0 aliphatic carbocycles. The average Bonchev–Trinajstić information content (AvgIpc) is 3.57. The van der Waals surface area contributed by atoms with Crippen LogP contribution in [0.3, 0.4) is 0 Å². The van der Waals surface area contributed by atoms with Gasteiger partial charge in [-0.1, -0.05) is 0 Å². The van der Waals surface area contributed by atoms with Gasteiger partial charge in [0.05, 0.1) is 17.4 Å². The van der Waals surface area contributed by atoms with Gasteiger partial charge in [0.25, 0.3) is 5.91 Å². The fourth-order valence-corrected chi connectivity index (χ4v) is 4.72. The molecule has 2 atom stereocenters. The summed E-state index contributed by atoms with van der Waals surface area (Å²) in [6.45, 7) is 2.51. The Morgan fingerprint density at radius 3 is 2.68 bits per heavy atom. The van der Waals surface area contributed by atoms with Crippen LogP contribution in [0.4, 0.5) is 5.95 Å². The maximum absolute atomic E-state index is 12.5. The van der Waals surface area contributed by atoms with Crippen molar-refractivity contribution in [3.05, 3.63) is 59.5 Å². The summed E-state index contributed by atoms with van der Waals surface area (Å²) in [7, 11) is 3.57. The van der Waals surface area contributed by atoms with Gasteiger partial charge in [0, 0.05) is 51.0 Å². The number of rotatable bonds is 6. The molecule has 1 aliphatic heterocycles. The minimum atomic E-state index is -1.52. The second kappa shape index (κ2) is 8.58. The van der Waals surface area contributed by atoms with E-state index < -0.39 is 5.60 Å². The SMILES string of the molecule is CC(Nc1nccc(-c2nc(-c3cc(C4(O)CCN(C)C4=O)ccn3)cs2)n1)c1ccn(C)n1. The summed E-state index contributed by atoms with van der Waals surface area (Å²) >= 11 is 1.44. The molecular formula is C23H24N8O2S. The van der Waals surface area contributed by atoms with Gasteiger partial charge in [-0.3, -0.25) is 14.5 Å². The summed E-state index contributed by atoms with van der Waals surface area (Å²) in [5.74, 6) is 0.183. The molecule has 1 amide bonds. The van der Waals surface area contributed by atoms with Crippen LogP contribution in [0.2, 0.25) is 0 Å². The molecule has 0 aromatic carbocycles. The van der Waals surface area contributed by atoms with Crippen LogP contribution in [0.1, 0.15) is 30.6 Å². The van der Waals surface area contributed by atoms with Crippen molar-refractivity contribution in [2.45, 2.75) is 25.0 Å². The number of likely N-dealkylation sites (tertiary alicyclic amines) is 1. The first-order chi connectivity index (χ1) is 16.3. The van der Waals surface area contributed by atoms with Gasteiger partial charge in [0.1, 0.15) is 16.4 Å². The Morgan fingerprint density at radius 1 is 1.12 bits per heavy atom. The largest absolute Gasteiger partial charge is 0.375 e. The molecule has 5 heterocycles. The normalized spacial score (nSPS) is 18.9. The summed E-state index contributed by atoms with van der Waals surface area (Å²) in [5.41, 5.74) is 1.82. The number of aromatic nitrogens is 6. The van der Waals surface area contributed by atoms with E-state index in [9.17, 15) is 9.90 Å². The van der Waals surface area contributed by atoms with Crippen LogP contribution in [-0.2, 0) is 17.4 Å². The number of anilines is 1. The fourth-order valence-electron chi connectivity index (χ4n) is 3.94. The smallest absolute Gasteiger partial charge is 0.258 e. The molecule has 2 N–H and O–H groups in total. The van der Waals surface area contributed by atoms with Gasteiger partial charge in [-0.2, -0.15) is 5.10 Å². The predicted octanol–water partition coefficient (Wildman–Crippen LogP) is 2.62. The molecule has 4 aromatic heterocycles. The Balaban J connectivity index is 1.38. The molecule has 1 fully saturated rings. The zero-order chi connectivity index (χ0) is 23.9. The third-order valence-electron chi connectivity index (χ3n) is 5.91. The maximum Gasteiger partial charge on any atom is 0.258 e. The fraction of sp³-hybridized carbons (Fsp3) is 0.304. The highest BCUT2D eigenvalue weighted by molar-refractivity contribution is 7.13. The van der Waals surface area contributed by atoms with Crippen LogP contribution in [0.5, 0.6) is 0 Å². The number of hydrogen-bond donors (Lipinski definition) is 2. The number of pyridine rings is 1. The van der Waals surface area contributed by atoms with E-state index >= 15 is 0 Å². The molecule has 1 saturated heterocycles. The predicted molar refractivity (Wildman–Crippen MR) is 128 cm³/mol. The molecule has 0 spiro atoms. The van der Waals surface area contributed by atoms with Crippen molar-refractivity contribution >= 4 is 23.2 Å². The summed E-state index contributed by atoms with van der Waals surface area (Å²) in [5, 5.41) is 21.3. The van der Waals surface area contributed by atoms with Crippen molar-refractivity contribution in [1.29, 1.82) is 0 Å². The van der Waals surface area contributed by atoms with Crippen LogP contribution in [0.25, 0.3) is 22.1 Å². The number of aryl methyl sites for hydroxylation is 1. The Morgan fingerprint density at radius 2 is 1.94 bits per heavy atom. The third-order valence-corrected chi connectivity index (χ3v) is 6.78. The third kappa shape index (κ3) is 4.03. The van der Waals surface area contributed by atoms with Gasteiger partial charge >= 0.3 is 0 Å². The molecule has 4 aromatic rings. The summed E-state index contributed by atoms with van der Waals surface area (Å²) < 4.78 is 1.75. The number of likely N-dealkylation sites (N-methyl/N-ethyl adjacent to an activating group) is 1. The summed E-state index contributed by atoms with van der Waals surface area (Å²) in [6.07, 6.45) is 5.53. The number of amides is 1. The standard InChI is InChI=1S/C23H24N8O2S/c1-14(16-6-10-31(3)29-16)26-22-25-9-5-17(28-22)20-27-19(13-34-20)18-12-15(4-8-24-18)23(33)7-11-30(2)21(23)32/h4-6,8-10,12-14,33H,7,11H2,1-3H3,(H,25,26,28). The molecule has 11 heteroatoms. The lowest BCUT2D eigenvalue weighted by Gasteiger charge is -2.21. The van der Waals surface area contributed by atoms with E-state index in [1.165, 1.54) is 16.2 Å². The van der Waals surface area contributed by atoms with Crippen molar-refractivity contribution in [3.63, 3.8) is 0 Å². The van der Waals surface area contributed by atoms with E-state index in [-0.39, 0.29) is 11.9 Å². The zero-order valence-corrected chi connectivity index (χ0v) is 19.8. The Labute approximate surface area is 200 Å². The van der Waals surface area contributed by atoms with Crippen molar-refractivity contribution in [2.24, 2.45) is 7.05 Å². The number of nitrogens with zero attached hydrogens (tertiary/aromatic N) is 7. The van der Waals surface area contributed by atoms with Crippen molar-refractivity contribution < 1.29 is 9.90 Å². The van der Waals surface area contributed by atoms with Crippen LogP contribution < -0.4 is 5.32 Å². The molecule has 2 unspecified atom stereocenters. The Bertz CT molecular complexity index is 1350. The Hall–Kier alpha value is -3.70. The molecule has 1 aliphatic rings. The highest BCUT2D eigenvalue weighted by Crippen LogP contribution is 2.35. The van der Waals surface area contributed by atoms with E-state index in [0.29, 0.717) is 46.6 Å². The number of nitrogens with one attached hydrogen (secondary N) is 1. The lowest BCUT2D eigenvalue weighted by Crippen LogP contribution is -2.36. The first-order valence-corrected chi connectivity index (χ1v) is 11.7. The van der Waals surface area contributed by atoms with Gasteiger partial charge in [-0.05, 0) is 36.8 Å². The van der Waals surface area contributed by atoms with E-state index in [1.807, 2.05) is 31.6 Å². The lowest BCUT2D eigenvalue weighted by atomic mass is 9.92. The minimum absolute atomic E-state index is 0.0570. The van der Waals surface area contributed by atoms with Gasteiger partial charge in [0.2, 0.25) is 5.95 Å². The zero-order valence-electron chi connectivity index (χ0n) is 19.0. The summed E-state index contributed by atoms with van der Waals surface area (Å²) in [4.78, 5) is 32.1. The van der Waals surface area contributed by atoms with E-state index in [1.54, 1.807) is 42.3 Å². The minimum Gasteiger partial charge on any atom is -0.375 e. The first kappa shape index (κ1) is 22.1. The number of aliphatic hydroxyl groups is 1. The van der Waals surface area contributed by atoms with Crippen LogP contribution in [0, 0.1) is 0 Å². The second-order valence-corrected chi connectivity index (χ2v) is 9.21. The molecule has 0 saturated carbocycles. The van der Waals surface area contributed by atoms with Crippen LogP contribution >= 0.6 is 11.3 Å². The molecule has 0 radical (unpaired) electrons. The number of hydrogen-bond acceptors (Lipinski definition) is 9. The van der Waals surface area contributed by atoms with Gasteiger partial charge in [0.15, 0.2) is 5.60 Å². The number of carbonyl (C=O) groups is 1. The molecular weight excluding hydrogens is 452 g/mol. The monoisotopic (exact) mass is 476 g/mol. The van der Waals surface area contributed by atoms with Crippen molar-refractivity contribution in [1.82, 2.24) is 34.6 Å². The second-order valence-electron chi connectivity index (χ2n) is 8.35. The van der Waals surface area contributed by atoms with Crippen LogP contribution in [0.15, 0.2) is 48.2 Å². The van der Waals surface area contributed by atoms with E-state index in [4.69, 9.17) is 4.98 Å². The van der Waals surface area contributed by atoms with E-state index in [2.05, 4.69) is 25.4 Å². The molecule has 0 bridgehead atoms. The molecule has 174 valence electrons. The van der Waals surface area contributed by atoms with E-state index in [0.717, 1.165) is 5.69 Å². The maximum atomic E-state index is 12.5. The van der Waals surface area contributed by atoms with Crippen LogP contribution in [-0.4, -0.2) is 59.2 Å². The summed E-state index contributed by atoms with van der Waals surface area (Å²) in [6, 6.07) is 7.11. The molecule has 10 nitrogen and oxygen atoms in total. The molecule has 34 heavy (non-hydrogen) atoms. The molecule has 5 rings (SSSR count). The van der Waals surface area contributed by atoms with Gasteiger partial charge in [-0.25, -0.2) is 15.0 Å². The van der Waals surface area contributed by atoms with Gasteiger partial charge in [-0.15, -0.1) is 11.3 Å². The Kier molecular flexibility index (Phi) is 5.58. The topological polar surface area (TPSA) is 122 Å². The van der Waals surface area contributed by atoms with Gasteiger partial charge < -0.3 is 15.3 Å². The van der Waals surface area contributed by atoms with Crippen molar-refractivity contribution in [3.8, 4) is 22.1 Å². The highest BCUT2D eigenvalue weighted by Gasteiger charge is 2.45. The van der Waals surface area contributed by atoms with Crippen molar-refractivity contribution in [2.75, 3.05) is 18.9 Å². The average molecular weight is 477 g/mol. The number of thiazole rings is 1. The lowest BCUT2D eigenvalue weighted by molar-refractivity contribution is -0.143. The quantitative estimate of drug-likeness (QED) is 0.436. The number of carbonyl (C=O) groups excluding carboxylic acids is 1.